The summed E-state index contributed by atoms with van der Waals surface area (Å²) in [5.74, 6) is -0.339. The Morgan fingerprint density at radius 3 is 2.81 bits per heavy atom. The van der Waals surface area contributed by atoms with Gasteiger partial charge in [0.05, 0.1) is 43.1 Å². The summed E-state index contributed by atoms with van der Waals surface area (Å²) < 4.78 is 12.9. The molecular weight excluding hydrogens is 336 g/mol. The second kappa shape index (κ2) is 7.00. The molecule has 2 aliphatic rings. The van der Waals surface area contributed by atoms with Crippen LogP contribution in [0.4, 0.5) is 0 Å². The van der Waals surface area contributed by atoms with Crippen LogP contribution < -0.4 is 5.32 Å². The number of hydrogen-bond acceptors (Lipinski definition) is 5. The van der Waals surface area contributed by atoms with E-state index in [-0.39, 0.29) is 30.6 Å². The molecule has 0 spiro atoms. The molecule has 0 aliphatic carbocycles. The van der Waals surface area contributed by atoms with Gasteiger partial charge in [0.2, 0.25) is 5.91 Å². The summed E-state index contributed by atoms with van der Waals surface area (Å²) in [5, 5.41) is 7.50. The molecule has 0 aromatic carbocycles. The highest BCUT2D eigenvalue weighted by molar-refractivity contribution is 5.97. The molecule has 8 heteroatoms. The van der Waals surface area contributed by atoms with Crippen molar-refractivity contribution in [3.63, 3.8) is 0 Å². The van der Waals surface area contributed by atoms with Crippen LogP contribution in [0.5, 0.6) is 0 Å². The average Bonchev–Trinajstić information content (AvgIpc) is 2.88. The molecule has 8 nitrogen and oxygen atoms in total. The van der Waals surface area contributed by atoms with E-state index in [4.69, 9.17) is 9.47 Å². The van der Waals surface area contributed by atoms with Crippen molar-refractivity contribution < 1.29 is 19.1 Å². The van der Waals surface area contributed by atoms with E-state index in [2.05, 4.69) is 10.4 Å². The van der Waals surface area contributed by atoms with Gasteiger partial charge in [-0.05, 0) is 27.7 Å². The van der Waals surface area contributed by atoms with E-state index in [0.29, 0.717) is 31.8 Å². The molecule has 1 fully saturated rings. The lowest BCUT2D eigenvalue weighted by Crippen LogP contribution is -2.61. The highest BCUT2D eigenvalue weighted by atomic mass is 16.5. The highest BCUT2D eigenvalue weighted by Crippen LogP contribution is 2.33. The number of aromatic nitrogens is 2. The number of hydrogen-bond donors (Lipinski definition) is 1. The van der Waals surface area contributed by atoms with E-state index < -0.39 is 5.54 Å². The van der Waals surface area contributed by atoms with Crippen molar-refractivity contribution in [1.29, 1.82) is 0 Å². The zero-order valence-corrected chi connectivity index (χ0v) is 16.2. The second-order valence-corrected chi connectivity index (χ2v) is 7.81. The van der Waals surface area contributed by atoms with E-state index in [1.54, 1.807) is 12.0 Å². The molecule has 0 saturated carbocycles. The van der Waals surface area contributed by atoms with Crippen LogP contribution in [-0.2, 0) is 27.2 Å². The van der Waals surface area contributed by atoms with Crippen molar-refractivity contribution >= 4 is 11.8 Å². The topological polar surface area (TPSA) is 85.7 Å². The fourth-order valence-corrected chi connectivity index (χ4v) is 3.89. The van der Waals surface area contributed by atoms with Gasteiger partial charge in [-0.1, -0.05) is 0 Å². The number of fused-ring (bicyclic) bond motifs is 1. The predicted octanol–water partition coefficient (Wildman–Crippen LogP) is 0.902. The van der Waals surface area contributed by atoms with Crippen molar-refractivity contribution in [2.45, 2.75) is 58.4 Å². The van der Waals surface area contributed by atoms with Gasteiger partial charge in [-0.3, -0.25) is 14.3 Å². The van der Waals surface area contributed by atoms with Gasteiger partial charge in [-0.2, -0.15) is 5.10 Å². The first-order chi connectivity index (χ1) is 12.2. The largest absolute Gasteiger partial charge is 0.383 e. The second-order valence-electron chi connectivity index (χ2n) is 7.81. The number of carbonyl (C=O) groups is 2. The molecule has 2 atom stereocenters. The minimum atomic E-state index is -0.451. The predicted molar refractivity (Wildman–Crippen MR) is 94.9 cm³/mol. The Labute approximate surface area is 153 Å². The van der Waals surface area contributed by atoms with Gasteiger partial charge in [-0.25, -0.2) is 0 Å². The summed E-state index contributed by atoms with van der Waals surface area (Å²) in [5.41, 5.74) is 1.85. The number of rotatable bonds is 4. The summed E-state index contributed by atoms with van der Waals surface area (Å²) in [6, 6.07) is 0. The Kier molecular flexibility index (Phi) is 5.07. The minimum absolute atomic E-state index is 0.0187. The van der Waals surface area contributed by atoms with Gasteiger partial charge in [0.25, 0.3) is 5.91 Å². The Bertz CT molecular complexity index is 712. The molecule has 1 saturated heterocycles. The number of ether oxygens (including phenoxy) is 2. The monoisotopic (exact) mass is 364 g/mol. The number of nitrogens with one attached hydrogen (secondary N) is 1. The highest BCUT2D eigenvalue weighted by Gasteiger charge is 2.38. The van der Waals surface area contributed by atoms with Crippen molar-refractivity contribution in [2.75, 3.05) is 26.8 Å². The van der Waals surface area contributed by atoms with Gasteiger partial charge in [-0.15, -0.1) is 0 Å². The molecule has 144 valence electrons. The number of amides is 2. The summed E-state index contributed by atoms with van der Waals surface area (Å²) in [6.07, 6.45) is 0.517. The third-order valence-corrected chi connectivity index (χ3v) is 4.80. The molecule has 26 heavy (non-hydrogen) atoms. The van der Waals surface area contributed by atoms with Crippen LogP contribution in [0, 0.1) is 0 Å². The molecule has 2 aliphatic heterocycles. The number of carbonyl (C=O) groups excluding carboxylic acids is 2. The minimum Gasteiger partial charge on any atom is -0.383 e. The van der Waals surface area contributed by atoms with Crippen LogP contribution in [0.3, 0.4) is 0 Å². The summed E-state index contributed by atoms with van der Waals surface area (Å²) in [6.45, 7) is 9.37. The fourth-order valence-electron chi connectivity index (χ4n) is 3.89. The molecule has 3 rings (SSSR count). The zero-order chi connectivity index (χ0) is 19.1. The molecule has 1 aromatic rings. The summed E-state index contributed by atoms with van der Waals surface area (Å²) in [4.78, 5) is 26.8. The third kappa shape index (κ3) is 3.61. The first kappa shape index (κ1) is 18.8. The normalized spacial score (nSPS) is 25.0. The first-order valence-electron chi connectivity index (χ1n) is 9.06. The lowest BCUT2D eigenvalue weighted by molar-refractivity contribution is -0.126. The van der Waals surface area contributed by atoms with Crippen molar-refractivity contribution in [2.24, 2.45) is 0 Å². The van der Waals surface area contributed by atoms with Crippen LogP contribution in [0.15, 0.2) is 0 Å². The number of nitrogens with zero attached hydrogens (tertiary/aromatic N) is 3. The van der Waals surface area contributed by atoms with Crippen LogP contribution in [0.1, 0.15) is 55.5 Å². The maximum atomic E-state index is 13.2. The molecule has 0 radical (unpaired) electrons. The SMILES string of the molecule is COCCn1nc(C(=O)N2CC(=O)NC(C)(C)C2)c2c1[C@H](C)O[C@H](C)C2. The Morgan fingerprint density at radius 1 is 1.42 bits per heavy atom. The standard InChI is InChI=1S/C18H28N4O4/c1-11-8-13-15(17(24)21-9-14(23)19-18(3,4)10-21)20-22(6-7-25-5)16(13)12(2)26-11/h11-12H,6-10H2,1-5H3,(H,19,23)/t11-,12+/m1/s1. The lowest BCUT2D eigenvalue weighted by atomic mass is 9.97. The lowest BCUT2D eigenvalue weighted by Gasteiger charge is -2.38. The van der Waals surface area contributed by atoms with E-state index in [0.717, 1.165) is 11.3 Å². The Balaban J connectivity index is 1.96. The van der Waals surface area contributed by atoms with E-state index >= 15 is 0 Å². The van der Waals surface area contributed by atoms with Gasteiger partial charge in [0.1, 0.15) is 0 Å². The fraction of sp³-hybridized carbons (Fsp3) is 0.722. The first-order valence-corrected chi connectivity index (χ1v) is 9.06. The Hall–Kier alpha value is -1.93. The average molecular weight is 364 g/mol. The van der Waals surface area contributed by atoms with Crippen LogP contribution in [-0.4, -0.2) is 64.9 Å². The Morgan fingerprint density at radius 2 is 2.15 bits per heavy atom. The van der Waals surface area contributed by atoms with Crippen molar-refractivity contribution in [1.82, 2.24) is 20.0 Å². The van der Waals surface area contributed by atoms with Crippen molar-refractivity contribution in [3.05, 3.63) is 17.0 Å². The number of piperazine rings is 1. The quantitative estimate of drug-likeness (QED) is 0.858. The van der Waals surface area contributed by atoms with Gasteiger partial charge in [0.15, 0.2) is 5.69 Å². The molecular formula is C18H28N4O4. The molecule has 0 bridgehead atoms. The number of methoxy groups -OCH3 is 1. The van der Waals surface area contributed by atoms with Crippen LogP contribution in [0.2, 0.25) is 0 Å². The third-order valence-electron chi connectivity index (χ3n) is 4.80. The van der Waals surface area contributed by atoms with Crippen molar-refractivity contribution in [3.8, 4) is 0 Å². The molecule has 3 heterocycles. The maximum absolute atomic E-state index is 13.2. The van der Waals surface area contributed by atoms with Crippen LogP contribution in [0.25, 0.3) is 0 Å². The maximum Gasteiger partial charge on any atom is 0.275 e. The summed E-state index contributed by atoms with van der Waals surface area (Å²) in [7, 11) is 1.64. The van der Waals surface area contributed by atoms with E-state index in [9.17, 15) is 9.59 Å². The molecule has 1 N–H and O–H groups in total. The molecule has 0 unspecified atom stereocenters. The van der Waals surface area contributed by atoms with Gasteiger partial charge in [0, 0.05) is 25.6 Å². The van der Waals surface area contributed by atoms with Gasteiger partial charge < -0.3 is 19.7 Å². The van der Waals surface area contributed by atoms with E-state index in [1.165, 1.54) is 0 Å². The van der Waals surface area contributed by atoms with E-state index in [1.807, 2.05) is 32.4 Å². The smallest absolute Gasteiger partial charge is 0.275 e. The zero-order valence-electron chi connectivity index (χ0n) is 16.2. The molecule has 1 aromatic heterocycles. The molecule has 2 amide bonds. The summed E-state index contributed by atoms with van der Waals surface area (Å²) >= 11 is 0. The van der Waals surface area contributed by atoms with Gasteiger partial charge >= 0.3 is 0 Å². The van der Waals surface area contributed by atoms with Crippen LogP contribution >= 0.6 is 0 Å².